The van der Waals surface area contributed by atoms with E-state index in [1.54, 1.807) is 19.9 Å². The summed E-state index contributed by atoms with van der Waals surface area (Å²) in [4.78, 5) is 0. The summed E-state index contributed by atoms with van der Waals surface area (Å²) in [5.74, 6) is 0. The standard InChI is InChI=1S/C9H16O2/c1-4-7-5-6-8(11-7)9(2,3)10/h4,7-8,10H,1,5-6H2,2-3H3. The summed E-state index contributed by atoms with van der Waals surface area (Å²) < 4.78 is 5.51. The summed E-state index contributed by atoms with van der Waals surface area (Å²) in [7, 11) is 0. The summed E-state index contributed by atoms with van der Waals surface area (Å²) in [5, 5.41) is 9.57. The van der Waals surface area contributed by atoms with Crippen LogP contribution in [0.5, 0.6) is 0 Å². The fourth-order valence-electron chi connectivity index (χ4n) is 1.36. The van der Waals surface area contributed by atoms with E-state index in [9.17, 15) is 5.11 Å². The summed E-state index contributed by atoms with van der Waals surface area (Å²) in [5.41, 5.74) is -0.711. The van der Waals surface area contributed by atoms with E-state index in [2.05, 4.69) is 6.58 Å². The fraction of sp³-hybridized carbons (Fsp3) is 0.778. The van der Waals surface area contributed by atoms with Crippen molar-refractivity contribution >= 4 is 0 Å². The molecule has 0 aromatic heterocycles. The van der Waals surface area contributed by atoms with E-state index in [-0.39, 0.29) is 12.2 Å². The minimum absolute atomic E-state index is 0.0227. The zero-order chi connectivity index (χ0) is 8.48. The minimum atomic E-state index is -0.711. The second-order valence-electron chi connectivity index (χ2n) is 3.63. The highest BCUT2D eigenvalue weighted by atomic mass is 16.5. The molecule has 64 valence electrons. The number of aliphatic hydroxyl groups is 1. The molecule has 0 aliphatic carbocycles. The highest BCUT2D eigenvalue weighted by molar-refractivity contribution is 4.91. The van der Waals surface area contributed by atoms with Gasteiger partial charge in [0.15, 0.2) is 0 Å². The molecule has 1 rings (SSSR count). The number of hydrogen-bond acceptors (Lipinski definition) is 2. The maximum Gasteiger partial charge on any atom is 0.0865 e. The van der Waals surface area contributed by atoms with Crippen LogP contribution in [0.4, 0.5) is 0 Å². The van der Waals surface area contributed by atoms with E-state index in [4.69, 9.17) is 4.74 Å². The Kier molecular flexibility index (Phi) is 2.35. The maximum atomic E-state index is 9.57. The Balaban J connectivity index is 2.48. The lowest BCUT2D eigenvalue weighted by Gasteiger charge is -2.24. The third-order valence-corrected chi connectivity index (χ3v) is 2.10. The monoisotopic (exact) mass is 156 g/mol. The van der Waals surface area contributed by atoms with Crippen molar-refractivity contribution in [2.24, 2.45) is 0 Å². The first-order valence-electron chi connectivity index (χ1n) is 4.04. The first-order chi connectivity index (χ1) is 5.04. The quantitative estimate of drug-likeness (QED) is 0.614. The normalized spacial score (nSPS) is 32.3. The zero-order valence-electron chi connectivity index (χ0n) is 7.21. The fourth-order valence-corrected chi connectivity index (χ4v) is 1.36. The van der Waals surface area contributed by atoms with Crippen LogP contribution in [0.1, 0.15) is 26.7 Å². The van der Waals surface area contributed by atoms with Gasteiger partial charge >= 0.3 is 0 Å². The zero-order valence-corrected chi connectivity index (χ0v) is 7.21. The van der Waals surface area contributed by atoms with Gasteiger partial charge in [-0.2, -0.15) is 0 Å². The van der Waals surface area contributed by atoms with Crippen molar-refractivity contribution in [2.75, 3.05) is 0 Å². The van der Waals surface area contributed by atoms with Gasteiger partial charge in [0.1, 0.15) is 0 Å². The Bertz CT molecular complexity index is 146. The third kappa shape index (κ3) is 2.04. The average molecular weight is 156 g/mol. The van der Waals surface area contributed by atoms with Gasteiger partial charge in [-0.15, -0.1) is 6.58 Å². The Morgan fingerprint density at radius 2 is 2.18 bits per heavy atom. The third-order valence-electron chi connectivity index (χ3n) is 2.10. The largest absolute Gasteiger partial charge is 0.388 e. The van der Waals surface area contributed by atoms with Crippen molar-refractivity contribution in [1.82, 2.24) is 0 Å². The Hall–Kier alpha value is -0.340. The first kappa shape index (κ1) is 8.75. The molecule has 0 spiro atoms. The average Bonchev–Trinajstić information content (AvgIpc) is 2.32. The molecule has 2 atom stereocenters. The van der Waals surface area contributed by atoms with Gasteiger partial charge in [0, 0.05) is 0 Å². The van der Waals surface area contributed by atoms with E-state index < -0.39 is 5.60 Å². The van der Waals surface area contributed by atoms with E-state index in [0.29, 0.717) is 0 Å². The molecular formula is C9H16O2. The van der Waals surface area contributed by atoms with Gasteiger partial charge in [0.25, 0.3) is 0 Å². The highest BCUT2D eigenvalue weighted by Gasteiger charge is 2.34. The summed E-state index contributed by atoms with van der Waals surface area (Å²) >= 11 is 0. The molecule has 1 aliphatic rings. The van der Waals surface area contributed by atoms with Crippen molar-refractivity contribution in [3.05, 3.63) is 12.7 Å². The molecule has 0 aromatic carbocycles. The van der Waals surface area contributed by atoms with Gasteiger partial charge in [-0.25, -0.2) is 0 Å². The van der Waals surface area contributed by atoms with Crippen LogP contribution >= 0.6 is 0 Å². The van der Waals surface area contributed by atoms with Crippen LogP contribution < -0.4 is 0 Å². The number of ether oxygens (including phenoxy) is 1. The van der Waals surface area contributed by atoms with Crippen LogP contribution in [-0.4, -0.2) is 22.9 Å². The molecule has 0 aromatic rings. The number of hydrogen-bond donors (Lipinski definition) is 1. The molecule has 1 heterocycles. The Labute approximate surface area is 67.9 Å². The van der Waals surface area contributed by atoms with Crippen LogP contribution in [0.25, 0.3) is 0 Å². The molecule has 2 unspecified atom stereocenters. The second kappa shape index (κ2) is 2.95. The molecule has 1 fully saturated rings. The van der Waals surface area contributed by atoms with Gasteiger partial charge in [-0.05, 0) is 26.7 Å². The van der Waals surface area contributed by atoms with Crippen molar-refractivity contribution in [3.63, 3.8) is 0 Å². The van der Waals surface area contributed by atoms with E-state index in [1.807, 2.05) is 0 Å². The lowest BCUT2D eigenvalue weighted by Crippen LogP contribution is -2.35. The van der Waals surface area contributed by atoms with Crippen molar-refractivity contribution in [3.8, 4) is 0 Å². The SMILES string of the molecule is C=CC1CCC(C(C)(C)O)O1. The molecule has 0 radical (unpaired) electrons. The Morgan fingerprint density at radius 1 is 1.55 bits per heavy atom. The summed E-state index contributed by atoms with van der Waals surface area (Å²) in [6.07, 6.45) is 3.83. The topological polar surface area (TPSA) is 29.5 Å². The minimum Gasteiger partial charge on any atom is -0.388 e. The van der Waals surface area contributed by atoms with Crippen molar-refractivity contribution in [1.29, 1.82) is 0 Å². The second-order valence-corrected chi connectivity index (χ2v) is 3.63. The molecule has 2 nitrogen and oxygen atoms in total. The molecular weight excluding hydrogens is 140 g/mol. The van der Waals surface area contributed by atoms with Crippen LogP contribution in [0.3, 0.4) is 0 Å². The lowest BCUT2D eigenvalue weighted by atomic mass is 9.99. The molecule has 1 N–H and O–H groups in total. The predicted octanol–water partition coefficient (Wildman–Crippen LogP) is 1.49. The summed E-state index contributed by atoms with van der Waals surface area (Å²) in [6.45, 7) is 7.21. The molecule has 0 bridgehead atoms. The molecule has 0 saturated carbocycles. The first-order valence-corrected chi connectivity index (χ1v) is 4.04. The van der Waals surface area contributed by atoms with Crippen LogP contribution in [-0.2, 0) is 4.74 Å². The molecule has 1 saturated heterocycles. The molecule has 1 aliphatic heterocycles. The smallest absolute Gasteiger partial charge is 0.0865 e. The van der Waals surface area contributed by atoms with E-state index in [1.165, 1.54) is 0 Å². The number of rotatable bonds is 2. The Morgan fingerprint density at radius 3 is 2.45 bits per heavy atom. The lowest BCUT2D eigenvalue weighted by molar-refractivity contribution is -0.0732. The van der Waals surface area contributed by atoms with Gasteiger partial charge in [-0.1, -0.05) is 6.08 Å². The molecule has 11 heavy (non-hydrogen) atoms. The molecule has 2 heteroatoms. The molecule has 0 amide bonds. The highest BCUT2D eigenvalue weighted by Crippen LogP contribution is 2.27. The van der Waals surface area contributed by atoms with Gasteiger partial charge in [0.05, 0.1) is 17.8 Å². The predicted molar refractivity (Wildman–Crippen MR) is 44.4 cm³/mol. The van der Waals surface area contributed by atoms with Gasteiger partial charge in [0.2, 0.25) is 0 Å². The van der Waals surface area contributed by atoms with Crippen molar-refractivity contribution in [2.45, 2.75) is 44.5 Å². The van der Waals surface area contributed by atoms with Gasteiger partial charge in [-0.3, -0.25) is 0 Å². The van der Waals surface area contributed by atoms with Crippen molar-refractivity contribution < 1.29 is 9.84 Å². The van der Waals surface area contributed by atoms with Crippen LogP contribution in [0.15, 0.2) is 12.7 Å². The van der Waals surface area contributed by atoms with Gasteiger partial charge < -0.3 is 9.84 Å². The van der Waals surface area contributed by atoms with E-state index in [0.717, 1.165) is 12.8 Å². The van der Waals surface area contributed by atoms with Crippen LogP contribution in [0.2, 0.25) is 0 Å². The summed E-state index contributed by atoms with van der Waals surface area (Å²) in [6, 6.07) is 0. The maximum absolute atomic E-state index is 9.57. The van der Waals surface area contributed by atoms with Crippen LogP contribution in [0, 0.1) is 0 Å². The van der Waals surface area contributed by atoms with E-state index >= 15 is 0 Å².